The van der Waals surface area contributed by atoms with E-state index in [-0.39, 0.29) is 4.90 Å². The Kier molecular flexibility index (Phi) is 7.67. The van der Waals surface area contributed by atoms with E-state index in [1.54, 1.807) is 12.1 Å². The molecular formula is C20H22N2O7S. The van der Waals surface area contributed by atoms with Gasteiger partial charge in [-0.1, -0.05) is 17.7 Å². The molecule has 0 saturated heterocycles. The summed E-state index contributed by atoms with van der Waals surface area (Å²) in [5.41, 5.74) is 1.62. The van der Waals surface area contributed by atoms with Crippen LogP contribution in [0.4, 0.5) is 5.69 Å². The quantitative estimate of drug-likeness (QED) is 0.627. The molecular weight excluding hydrogens is 412 g/mol. The normalized spacial score (nSPS) is 11.1. The van der Waals surface area contributed by atoms with Crippen molar-refractivity contribution in [3.05, 3.63) is 59.7 Å². The van der Waals surface area contributed by atoms with Gasteiger partial charge in [-0.2, -0.15) is 4.31 Å². The maximum atomic E-state index is 12.5. The van der Waals surface area contributed by atoms with Crippen LogP contribution in [0.25, 0.3) is 0 Å². The molecule has 0 heterocycles. The SMILES string of the molecule is COC(=O)c1ccc(NC(=O)COC(=O)CN(C)S(=O)(=O)c2ccc(C)cc2)cc1. The number of hydrogen-bond donors (Lipinski definition) is 1. The number of aryl methyl sites for hydroxylation is 1. The average molecular weight is 434 g/mol. The van der Waals surface area contributed by atoms with Crippen molar-refractivity contribution < 1.29 is 32.3 Å². The highest BCUT2D eigenvalue weighted by atomic mass is 32.2. The highest BCUT2D eigenvalue weighted by Gasteiger charge is 2.23. The Labute approximate surface area is 174 Å². The summed E-state index contributed by atoms with van der Waals surface area (Å²) in [5.74, 6) is -1.99. The summed E-state index contributed by atoms with van der Waals surface area (Å²) in [6.07, 6.45) is 0. The number of amides is 1. The molecule has 2 aromatic carbocycles. The molecule has 1 amide bonds. The summed E-state index contributed by atoms with van der Waals surface area (Å²) in [6, 6.07) is 12.1. The molecule has 0 spiro atoms. The second-order valence-electron chi connectivity index (χ2n) is 6.35. The lowest BCUT2D eigenvalue weighted by Gasteiger charge is -2.16. The number of likely N-dealkylation sites (N-methyl/N-ethyl adjacent to an activating group) is 1. The number of carbonyl (C=O) groups excluding carboxylic acids is 3. The summed E-state index contributed by atoms with van der Waals surface area (Å²) >= 11 is 0. The maximum Gasteiger partial charge on any atom is 0.337 e. The average Bonchev–Trinajstić information content (AvgIpc) is 2.72. The van der Waals surface area contributed by atoms with E-state index in [4.69, 9.17) is 4.74 Å². The van der Waals surface area contributed by atoms with Crippen molar-refractivity contribution in [1.82, 2.24) is 4.31 Å². The van der Waals surface area contributed by atoms with Crippen molar-refractivity contribution in [2.75, 3.05) is 32.6 Å². The number of nitrogens with zero attached hydrogens (tertiary/aromatic N) is 1. The summed E-state index contributed by atoms with van der Waals surface area (Å²) < 4.78 is 35.2. The molecule has 2 aromatic rings. The van der Waals surface area contributed by atoms with Crippen LogP contribution in [0.15, 0.2) is 53.4 Å². The van der Waals surface area contributed by atoms with Crippen LogP contribution in [0.5, 0.6) is 0 Å². The fourth-order valence-corrected chi connectivity index (χ4v) is 3.47. The molecule has 0 saturated carbocycles. The number of methoxy groups -OCH3 is 1. The predicted molar refractivity (Wildman–Crippen MR) is 108 cm³/mol. The minimum Gasteiger partial charge on any atom is -0.465 e. The minimum atomic E-state index is -3.86. The first-order chi connectivity index (χ1) is 14.1. The number of benzene rings is 2. The van der Waals surface area contributed by atoms with Crippen molar-refractivity contribution in [2.24, 2.45) is 0 Å². The Morgan fingerprint density at radius 2 is 1.60 bits per heavy atom. The molecule has 160 valence electrons. The molecule has 1 N–H and O–H groups in total. The van der Waals surface area contributed by atoms with E-state index in [0.29, 0.717) is 11.3 Å². The molecule has 0 aromatic heterocycles. The standard InChI is InChI=1S/C20H22N2O7S/c1-14-4-10-17(11-5-14)30(26,27)22(2)12-19(24)29-13-18(23)21-16-8-6-15(7-9-16)20(25)28-3/h4-11H,12-13H2,1-3H3,(H,21,23). The van der Waals surface area contributed by atoms with E-state index in [2.05, 4.69) is 10.1 Å². The molecule has 0 atom stereocenters. The first-order valence-electron chi connectivity index (χ1n) is 8.80. The zero-order valence-corrected chi connectivity index (χ0v) is 17.6. The Balaban J connectivity index is 1.85. The lowest BCUT2D eigenvalue weighted by atomic mass is 10.2. The van der Waals surface area contributed by atoms with Gasteiger partial charge in [0.15, 0.2) is 6.61 Å². The number of rotatable bonds is 8. The second-order valence-corrected chi connectivity index (χ2v) is 8.40. The van der Waals surface area contributed by atoms with Crippen molar-refractivity contribution in [2.45, 2.75) is 11.8 Å². The van der Waals surface area contributed by atoms with Gasteiger partial charge in [0.25, 0.3) is 5.91 Å². The number of sulfonamides is 1. The van der Waals surface area contributed by atoms with Gasteiger partial charge in [-0.05, 0) is 43.3 Å². The molecule has 0 aliphatic rings. The van der Waals surface area contributed by atoms with E-state index < -0.39 is 41.0 Å². The summed E-state index contributed by atoms with van der Waals surface area (Å²) in [7, 11) is -1.35. The van der Waals surface area contributed by atoms with Crippen molar-refractivity contribution in [3.8, 4) is 0 Å². The third kappa shape index (κ3) is 6.13. The molecule has 0 bridgehead atoms. The van der Waals surface area contributed by atoms with Gasteiger partial charge >= 0.3 is 11.9 Å². The Hall–Kier alpha value is -3.24. The fraction of sp³-hybridized carbons (Fsp3) is 0.250. The van der Waals surface area contributed by atoms with E-state index in [0.717, 1.165) is 9.87 Å². The van der Waals surface area contributed by atoms with Crippen LogP contribution >= 0.6 is 0 Å². The molecule has 9 nitrogen and oxygen atoms in total. The number of esters is 2. The first-order valence-corrected chi connectivity index (χ1v) is 10.2. The maximum absolute atomic E-state index is 12.5. The van der Waals surface area contributed by atoms with Crippen LogP contribution in [0.3, 0.4) is 0 Å². The molecule has 0 aliphatic carbocycles. The van der Waals surface area contributed by atoms with Gasteiger partial charge in [0.2, 0.25) is 10.0 Å². The van der Waals surface area contributed by atoms with Crippen LogP contribution in [-0.4, -0.2) is 57.9 Å². The number of anilines is 1. The summed E-state index contributed by atoms with van der Waals surface area (Å²) in [4.78, 5) is 35.3. The highest BCUT2D eigenvalue weighted by molar-refractivity contribution is 7.89. The lowest BCUT2D eigenvalue weighted by molar-refractivity contribution is -0.147. The first kappa shape index (κ1) is 23.0. The molecule has 30 heavy (non-hydrogen) atoms. The molecule has 0 unspecified atom stereocenters. The summed E-state index contributed by atoms with van der Waals surface area (Å²) in [5, 5.41) is 2.50. The van der Waals surface area contributed by atoms with E-state index in [1.807, 2.05) is 6.92 Å². The highest BCUT2D eigenvalue weighted by Crippen LogP contribution is 2.15. The third-order valence-corrected chi connectivity index (χ3v) is 5.85. The fourth-order valence-electron chi connectivity index (χ4n) is 2.35. The van der Waals surface area contributed by atoms with Gasteiger partial charge in [0.1, 0.15) is 6.54 Å². The molecule has 0 fully saturated rings. The van der Waals surface area contributed by atoms with Gasteiger partial charge in [-0.3, -0.25) is 9.59 Å². The zero-order valence-electron chi connectivity index (χ0n) is 16.7. The van der Waals surface area contributed by atoms with E-state index >= 15 is 0 Å². The van der Waals surface area contributed by atoms with Crippen molar-refractivity contribution >= 4 is 33.6 Å². The van der Waals surface area contributed by atoms with Crippen LogP contribution in [0, 0.1) is 6.92 Å². The molecule has 2 rings (SSSR count). The van der Waals surface area contributed by atoms with Crippen molar-refractivity contribution in [3.63, 3.8) is 0 Å². The predicted octanol–water partition coefficient (Wildman–Crippen LogP) is 1.58. The van der Waals surface area contributed by atoms with Crippen LogP contribution in [-0.2, 0) is 29.1 Å². The van der Waals surface area contributed by atoms with Gasteiger partial charge in [0, 0.05) is 12.7 Å². The topological polar surface area (TPSA) is 119 Å². The zero-order chi connectivity index (χ0) is 22.3. The molecule has 10 heteroatoms. The molecule has 0 radical (unpaired) electrons. The van der Waals surface area contributed by atoms with Crippen LogP contribution in [0.2, 0.25) is 0 Å². The van der Waals surface area contributed by atoms with Crippen LogP contribution < -0.4 is 5.32 Å². The lowest BCUT2D eigenvalue weighted by Crippen LogP contribution is -2.34. The van der Waals surface area contributed by atoms with Gasteiger partial charge in [-0.15, -0.1) is 0 Å². The third-order valence-electron chi connectivity index (χ3n) is 4.03. The monoisotopic (exact) mass is 434 g/mol. The number of ether oxygens (including phenoxy) is 2. The van der Waals surface area contributed by atoms with E-state index in [9.17, 15) is 22.8 Å². The number of nitrogens with one attached hydrogen (secondary N) is 1. The Morgan fingerprint density at radius 3 is 2.17 bits per heavy atom. The summed E-state index contributed by atoms with van der Waals surface area (Å²) in [6.45, 7) is 0.698. The van der Waals surface area contributed by atoms with Crippen LogP contribution in [0.1, 0.15) is 15.9 Å². The Bertz CT molecular complexity index is 1020. The minimum absolute atomic E-state index is 0.0524. The van der Waals surface area contributed by atoms with Gasteiger partial charge in [-0.25, -0.2) is 13.2 Å². The smallest absolute Gasteiger partial charge is 0.337 e. The Morgan fingerprint density at radius 1 is 1.00 bits per heavy atom. The van der Waals surface area contributed by atoms with Crippen molar-refractivity contribution in [1.29, 1.82) is 0 Å². The number of hydrogen-bond acceptors (Lipinski definition) is 7. The largest absolute Gasteiger partial charge is 0.465 e. The van der Waals surface area contributed by atoms with Gasteiger partial charge < -0.3 is 14.8 Å². The molecule has 0 aliphatic heterocycles. The van der Waals surface area contributed by atoms with Gasteiger partial charge in [0.05, 0.1) is 17.6 Å². The number of carbonyl (C=O) groups is 3. The second kappa shape index (κ2) is 9.99. The van der Waals surface area contributed by atoms with E-state index in [1.165, 1.54) is 50.6 Å².